The Morgan fingerprint density at radius 1 is 0.963 bits per heavy atom. The molecule has 0 aliphatic heterocycles. The van der Waals surface area contributed by atoms with Crippen LogP contribution in [0.2, 0.25) is 0 Å². The highest BCUT2D eigenvalue weighted by atomic mass is 32.1. The Morgan fingerprint density at radius 3 is 2.48 bits per heavy atom. The number of hydrogen-bond donors (Lipinski definition) is 1. The summed E-state index contributed by atoms with van der Waals surface area (Å²) in [6.07, 6.45) is 2.02. The largest absolute Gasteiger partial charge is 0.268 e. The third-order valence-corrected chi connectivity index (χ3v) is 5.47. The molecule has 3 aromatic carbocycles. The Hall–Kier alpha value is -2.72. The van der Waals surface area contributed by atoms with E-state index < -0.39 is 0 Å². The Labute approximate surface area is 164 Å². The normalized spacial score (nSPS) is 11.2. The lowest BCUT2D eigenvalue weighted by Crippen LogP contribution is -2.01. The monoisotopic (exact) mass is 373 g/mol. The zero-order chi connectivity index (χ0) is 19.0. The first-order chi connectivity index (χ1) is 13.1. The molecule has 0 unspecified atom stereocenters. The Kier molecular flexibility index (Phi) is 4.66. The molecule has 27 heavy (non-hydrogen) atoms. The van der Waals surface area contributed by atoms with E-state index in [-0.39, 0.29) is 0 Å². The topological polar surface area (TPSA) is 33.6 Å². The van der Waals surface area contributed by atoms with Crippen LogP contribution < -0.4 is 0 Å². The van der Waals surface area contributed by atoms with E-state index in [9.17, 15) is 0 Å². The van der Waals surface area contributed by atoms with E-state index in [1.807, 2.05) is 0 Å². The molecular formula is C23H23N3S. The summed E-state index contributed by atoms with van der Waals surface area (Å²) in [6.45, 7) is 6.47. The van der Waals surface area contributed by atoms with Gasteiger partial charge in [0.2, 0.25) is 0 Å². The SMILES string of the molecule is CCc1ccc(C)c(-c2n[nH]c(=S)n2-c2cccc3cc(CC)ccc23)c1. The third kappa shape index (κ3) is 3.10. The second kappa shape index (κ2) is 7.12. The number of nitrogens with one attached hydrogen (secondary N) is 1. The summed E-state index contributed by atoms with van der Waals surface area (Å²) in [6, 6.07) is 19.6. The van der Waals surface area contributed by atoms with Crippen LogP contribution in [0.4, 0.5) is 0 Å². The average Bonchev–Trinajstić information content (AvgIpc) is 3.08. The molecule has 1 N–H and O–H groups in total. The highest BCUT2D eigenvalue weighted by Gasteiger charge is 2.15. The van der Waals surface area contributed by atoms with Crippen molar-refractivity contribution >= 4 is 23.0 Å². The van der Waals surface area contributed by atoms with Crippen LogP contribution in [0.5, 0.6) is 0 Å². The van der Waals surface area contributed by atoms with E-state index in [1.165, 1.54) is 27.5 Å². The van der Waals surface area contributed by atoms with E-state index in [1.54, 1.807) is 0 Å². The van der Waals surface area contributed by atoms with Gasteiger partial charge in [-0.2, -0.15) is 5.10 Å². The van der Waals surface area contributed by atoms with E-state index in [2.05, 4.69) is 90.1 Å². The second-order valence-electron chi connectivity index (χ2n) is 6.88. The summed E-state index contributed by atoms with van der Waals surface area (Å²) >= 11 is 5.62. The first-order valence-corrected chi connectivity index (χ1v) is 9.82. The number of hydrogen-bond acceptors (Lipinski definition) is 2. The molecule has 0 saturated heterocycles. The molecular weight excluding hydrogens is 350 g/mol. The average molecular weight is 374 g/mol. The highest BCUT2D eigenvalue weighted by Crippen LogP contribution is 2.30. The molecule has 0 bridgehead atoms. The lowest BCUT2D eigenvalue weighted by molar-refractivity contribution is 1.04. The summed E-state index contributed by atoms with van der Waals surface area (Å²) in [7, 11) is 0. The number of rotatable bonds is 4. The quantitative estimate of drug-likeness (QED) is 0.433. The number of fused-ring (bicyclic) bond motifs is 1. The number of H-pyrrole nitrogens is 1. The van der Waals surface area contributed by atoms with Crippen molar-refractivity contribution in [1.29, 1.82) is 0 Å². The molecule has 0 fully saturated rings. The molecule has 4 heteroatoms. The third-order valence-electron chi connectivity index (χ3n) is 5.19. The zero-order valence-corrected chi connectivity index (χ0v) is 16.7. The van der Waals surface area contributed by atoms with Gasteiger partial charge in [-0.05, 0) is 66.2 Å². The fourth-order valence-electron chi connectivity index (χ4n) is 3.56. The van der Waals surface area contributed by atoms with Crippen LogP contribution in [-0.4, -0.2) is 14.8 Å². The maximum Gasteiger partial charge on any atom is 0.200 e. The van der Waals surface area contributed by atoms with Gasteiger partial charge in [-0.15, -0.1) is 0 Å². The van der Waals surface area contributed by atoms with Gasteiger partial charge in [-0.25, -0.2) is 0 Å². The van der Waals surface area contributed by atoms with E-state index in [0.29, 0.717) is 4.77 Å². The van der Waals surface area contributed by atoms with Crippen molar-refractivity contribution in [2.24, 2.45) is 0 Å². The first-order valence-electron chi connectivity index (χ1n) is 9.41. The molecule has 0 aliphatic rings. The van der Waals surface area contributed by atoms with E-state index >= 15 is 0 Å². The number of aryl methyl sites for hydroxylation is 3. The lowest BCUT2D eigenvalue weighted by Gasteiger charge is -2.13. The van der Waals surface area contributed by atoms with Gasteiger partial charge in [0.15, 0.2) is 10.6 Å². The lowest BCUT2D eigenvalue weighted by atomic mass is 10.0. The summed E-state index contributed by atoms with van der Waals surface area (Å²) in [5.41, 5.74) is 5.99. The Morgan fingerprint density at radius 2 is 1.70 bits per heavy atom. The summed E-state index contributed by atoms with van der Waals surface area (Å²) in [5, 5.41) is 9.99. The standard InChI is InChI=1S/C23H23N3S/c1-4-16-11-12-19-18(13-16)7-6-8-21(19)26-22(24-25-23(26)27)20-14-17(5-2)10-9-15(20)3/h6-14H,4-5H2,1-3H3,(H,25,27). The van der Waals surface area contributed by atoms with E-state index in [0.717, 1.165) is 29.9 Å². The maximum atomic E-state index is 5.62. The van der Waals surface area contributed by atoms with Crippen molar-refractivity contribution in [3.05, 3.63) is 76.1 Å². The molecule has 4 aromatic rings. The Balaban J connectivity index is 1.99. The number of aromatic nitrogens is 3. The van der Waals surface area contributed by atoms with Gasteiger partial charge in [0.25, 0.3) is 0 Å². The van der Waals surface area contributed by atoms with Crippen molar-refractivity contribution in [2.75, 3.05) is 0 Å². The van der Waals surface area contributed by atoms with Crippen LogP contribution >= 0.6 is 12.2 Å². The van der Waals surface area contributed by atoms with Crippen LogP contribution in [0.3, 0.4) is 0 Å². The number of benzene rings is 3. The van der Waals surface area contributed by atoms with Gasteiger partial charge in [-0.1, -0.05) is 56.3 Å². The predicted octanol–water partition coefficient (Wildman–Crippen LogP) is 6.18. The molecule has 0 amide bonds. The summed E-state index contributed by atoms with van der Waals surface area (Å²) in [5.74, 6) is 0.861. The molecule has 0 atom stereocenters. The molecule has 4 rings (SSSR count). The molecule has 1 aromatic heterocycles. The van der Waals surface area contributed by atoms with Crippen molar-refractivity contribution < 1.29 is 0 Å². The van der Waals surface area contributed by atoms with Gasteiger partial charge in [-0.3, -0.25) is 9.67 Å². The van der Waals surface area contributed by atoms with Crippen molar-refractivity contribution in [1.82, 2.24) is 14.8 Å². The van der Waals surface area contributed by atoms with Crippen LogP contribution in [0.15, 0.2) is 54.6 Å². The van der Waals surface area contributed by atoms with Crippen molar-refractivity contribution in [2.45, 2.75) is 33.6 Å². The minimum absolute atomic E-state index is 0.610. The highest BCUT2D eigenvalue weighted by molar-refractivity contribution is 7.71. The van der Waals surface area contributed by atoms with Gasteiger partial charge in [0.1, 0.15) is 0 Å². The van der Waals surface area contributed by atoms with Gasteiger partial charge in [0.05, 0.1) is 5.69 Å². The predicted molar refractivity (Wildman–Crippen MR) is 115 cm³/mol. The van der Waals surface area contributed by atoms with Gasteiger partial charge >= 0.3 is 0 Å². The first kappa shape index (κ1) is 17.7. The smallest absolute Gasteiger partial charge is 0.200 e. The van der Waals surface area contributed by atoms with Gasteiger partial charge < -0.3 is 0 Å². The second-order valence-corrected chi connectivity index (χ2v) is 7.26. The summed E-state index contributed by atoms with van der Waals surface area (Å²) < 4.78 is 2.67. The van der Waals surface area contributed by atoms with Crippen molar-refractivity contribution in [3.63, 3.8) is 0 Å². The zero-order valence-electron chi connectivity index (χ0n) is 15.9. The molecule has 136 valence electrons. The van der Waals surface area contributed by atoms with Crippen LogP contribution in [0.1, 0.15) is 30.5 Å². The maximum absolute atomic E-state index is 5.62. The molecule has 0 aliphatic carbocycles. The number of nitrogens with zero attached hydrogens (tertiary/aromatic N) is 2. The van der Waals surface area contributed by atoms with Gasteiger partial charge in [0, 0.05) is 10.9 Å². The van der Waals surface area contributed by atoms with Crippen LogP contribution in [0, 0.1) is 11.7 Å². The van der Waals surface area contributed by atoms with Crippen LogP contribution in [0.25, 0.3) is 27.8 Å². The molecule has 1 heterocycles. The fourth-order valence-corrected chi connectivity index (χ4v) is 3.79. The van der Waals surface area contributed by atoms with Crippen LogP contribution in [-0.2, 0) is 12.8 Å². The number of aromatic amines is 1. The minimum atomic E-state index is 0.610. The summed E-state index contributed by atoms with van der Waals surface area (Å²) in [4.78, 5) is 0. The van der Waals surface area contributed by atoms with Crippen molar-refractivity contribution in [3.8, 4) is 17.1 Å². The fraction of sp³-hybridized carbons (Fsp3) is 0.217. The molecule has 0 spiro atoms. The molecule has 3 nitrogen and oxygen atoms in total. The molecule has 0 radical (unpaired) electrons. The Bertz CT molecular complexity index is 1180. The molecule has 0 saturated carbocycles. The minimum Gasteiger partial charge on any atom is -0.268 e. The van der Waals surface area contributed by atoms with E-state index in [4.69, 9.17) is 12.2 Å².